The van der Waals surface area contributed by atoms with Gasteiger partial charge in [-0.25, -0.2) is 0 Å². The molecule has 0 radical (unpaired) electrons. The highest BCUT2D eigenvalue weighted by Crippen LogP contribution is 2.30. The largest absolute Gasteiger partial charge is 0.457 e. The number of hydrogen-bond acceptors (Lipinski definition) is 4. The van der Waals surface area contributed by atoms with Gasteiger partial charge < -0.3 is 4.42 Å². The van der Waals surface area contributed by atoms with E-state index in [0.29, 0.717) is 0 Å². The summed E-state index contributed by atoms with van der Waals surface area (Å²) in [5.74, 6) is 0. The lowest BCUT2D eigenvalue weighted by atomic mass is 9.89. The van der Waals surface area contributed by atoms with Gasteiger partial charge in [0.1, 0.15) is 10.8 Å². The number of aliphatic imine (C=N–C) groups is 1. The Balaban J connectivity index is 1.57. The molecule has 0 amide bonds. The van der Waals surface area contributed by atoms with Crippen LogP contribution >= 0.6 is 0 Å². The topological polar surface area (TPSA) is 49.6 Å². The van der Waals surface area contributed by atoms with Gasteiger partial charge in [0.05, 0.1) is 23.8 Å². The van der Waals surface area contributed by atoms with Crippen molar-refractivity contribution in [1.82, 2.24) is 10.6 Å². The minimum absolute atomic E-state index is 0.0833. The van der Waals surface area contributed by atoms with E-state index >= 15 is 0 Å². The molecule has 0 spiro atoms. The van der Waals surface area contributed by atoms with Gasteiger partial charge in [-0.3, -0.25) is 15.6 Å². The Morgan fingerprint density at radius 2 is 1.02 bits per heavy atom. The van der Waals surface area contributed by atoms with Gasteiger partial charge in [-0.2, -0.15) is 0 Å². The van der Waals surface area contributed by atoms with Crippen LogP contribution in [0, 0.1) is 41.5 Å². The molecule has 49 heavy (non-hydrogen) atoms. The van der Waals surface area contributed by atoms with Gasteiger partial charge in [0, 0.05) is 23.4 Å². The molecule has 2 N–H and O–H groups in total. The van der Waals surface area contributed by atoms with Gasteiger partial charge in [-0.05, 0) is 98.7 Å². The summed E-state index contributed by atoms with van der Waals surface area (Å²) in [4.78, 5) is 5.18. The van der Waals surface area contributed by atoms with E-state index in [4.69, 9.17) is 9.41 Å². The third-order valence-electron chi connectivity index (χ3n) is 9.64. The van der Waals surface area contributed by atoms with Crippen molar-refractivity contribution < 1.29 is 4.42 Å². The zero-order valence-electron chi connectivity index (χ0n) is 29.3. The zero-order valence-corrected chi connectivity index (χ0v) is 29.3. The summed E-state index contributed by atoms with van der Waals surface area (Å²) in [7, 11) is 0. The molecule has 3 aliphatic rings. The average Bonchev–Trinajstić information content (AvgIpc) is 3.25. The van der Waals surface area contributed by atoms with E-state index in [0.717, 1.165) is 33.2 Å². The van der Waals surface area contributed by atoms with E-state index in [1.807, 2.05) is 12.3 Å². The lowest BCUT2D eigenvalue weighted by Crippen LogP contribution is -2.39. The third kappa shape index (κ3) is 6.80. The number of benzene rings is 3. The number of nitrogens with zero attached hydrogens (tertiary/aromatic N) is 1. The van der Waals surface area contributed by atoms with Crippen molar-refractivity contribution in [3.05, 3.63) is 182 Å². The molecule has 4 heteroatoms. The van der Waals surface area contributed by atoms with Gasteiger partial charge in [0.25, 0.3) is 0 Å². The maximum Gasteiger partial charge on any atom is 0.133 e. The normalized spacial score (nSPS) is 23.0. The lowest BCUT2D eigenvalue weighted by Gasteiger charge is -2.24. The fourth-order valence-electron chi connectivity index (χ4n) is 7.77. The van der Waals surface area contributed by atoms with Gasteiger partial charge in [-0.1, -0.05) is 114 Å². The summed E-state index contributed by atoms with van der Waals surface area (Å²) in [6.07, 6.45) is 21.6. The van der Waals surface area contributed by atoms with Crippen LogP contribution in [0.1, 0.15) is 50.1 Å². The second kappa shape index (κ2) is 13.8. The first kappa shape index (κ1) is 32.5. The van der Waals surface area contributed by atoms with Crippen LogP contribution in [0.2, 0.25) is 0 Å². The maximum atomic E-state index is 7.12. The molecule has 6 bridgehead atoms. The highest BCUT2D eigenvalue weighted by Gasteiger charge is 2.26. The highest BCUT2D eigenvalue weighted by atomic mass is 16.3. The van der Waals surface area contributed by atoms with Crippen molar-refractivity contribution in [1.29, 1.82) is 0 Å². The average molecular weight is 644 g/mol. The van der Waals surface area contributed by atoms with Gasteiger partial charge in [-0.15, -0.1) is 0 Å². The number of rotatable bonds is 3. The first-order valence-corrected chi connectivity index (χ1v) is 17.3. The molecule has 4 heterocycles. The van der Waals surface area contributed by atoms with Crippen LogP contribution in [0.4, 0.5) is 0 Å². The van der Waals surface area contributed by atoms with Gasteiger partial charge >= 0.3 is 0 Å². The number of fused-ring (bicyclic) bond motifs is 6. The summed E-state index contributed by atoms with van der Waals surface area (Å²) < 4.78 is 7.12. The molecule has 0 aliphatic carbocycles. The zero-order chi connectivity index (χ0) is 34.1. The number of aryl methyl sites for hydroxylation is 6. The van der Waals surface area contributed by atoms with Crippen LogP contribution < -0.4 is 21.5 Å². The monoisotopic (exact) mass is 643 g/mol. The molecule has 3 aromatic carbocycles. The van der Waals surface area contributed by atoms with Crippen molar-refractivity contribution in [2.45, 2.75) is 65.7 Å². The van der Waals surface area contributed by atoms with Gasteiger partial charge in [0.2, 0.25) is 0 Å². The van der Waals surface area contributed by atoms with Crippen molar-refractivity contribution in [3.8, 4) is 0 Å². The van der Waals surface area contributed by atoms with Crippen molar-refractivity contribution in [2.75, 3.05) is 0 Å². The molecule has 0 saturated heterocycles. The van der Waals surface area contributed by atoms with Crippen LogP contribution in [0.5, 0.6) is 0 Å². The fourth-order valence-corrected chi connectivity index (χ4v) is 7.77. The minimum Gasteiger partial charge on any atom is -0.457 e. The molecule has 3 aliphatic heterocycles. The molecule has 246 valence electrons. The fraction of sp³-hybridized carbons (Fsp3) is 0.222. The van der Waals surface area contributed by atoms with E-state index in [1.54, 1.807) is 0 Å². The summed E-state index contributed by atoms with van der Waals surface area (Å²) in [6, 6.07) is 23.4. The van der Waals surface area contributed by atoms with Crippen LogP contribution in [-0.4, -0.2) is 30.4 Å². The molecule has 4 atom stereocenters. The van der Waals surface area contributed by atoms with Crippen molar-refractivity contribution in [2.24, 2.45) is 4.99 Å². The second-order valence-electron chi connectivity index (χ2n) is 13.6. The molecule has 0 fully saturated rings. The Labute approximate surface area is 290 Å². The quantitative estimate of drug-likeness (QED) is 0.242. The Hall–Kier alpha value is -5.03. The Bertz CT molecular complexity index is 2160. The van der Waals surface area contributed by atoms with Crippen LogP contribution in [0.3, 0.4) is 0 Å². The first-order chi connectivity index (χ1) is 23.7. The first-order valence-electron chi connectivity index (χ1n) is 17.3. The number of hydrogen-bond donors (Lipinski definition) is 2. The summed E-state index contributed by atoms with van der Waals surface area (Å²) in [6.45, 7) is 13.2. The summed E-state index contributed by atoms with van der Waals surface area (Å²) in [5, 5.41) is 7.86. The number of nitrogens with one attached hydrogen (secondary N) is 2. The highest BCUT2D eigenvalue weighted by molar-refractivity contribution is 5.81. The van der Waals surface area contributed by atoms with Crippen LogP contribution in [0.25, 0.3) is 16.8 Å². The van der Waals surface area contributed by atoms with E-state index in [-0.39, 0.29) is 24.2 Å². The van der Waals surface area contributed by atoms with Crippen molar-refractivity contribution in [3.63, 3.8) is 0 Å². The molecule has 4 unspecified atom stereocenters. The smallest absolute Gasteiger partial charge is 0.133 e. The maximum absolute atomic E-state index is 7.12. The van der Waals surface area contributed by atoms with E-state index in [2.05, 4.69) is 168 Å². The van der Waals surface area contributed by atoms with Gasteiger partial charge in [0.15, 0.2) is 0 Å². The molecule has 7 rings (SSSR count). The van der Waals surface area contributed by atoms with E-state index in [1.165, 1.54) is 44.5 Å². The molecule has 4 aromatic rings. The predicted molar refractivity (Wildman–Crippen MR) is 205 cm³/mol. The Kier molecular flexibility index (Phi) is 9.18. The second-order valence-corrected chi connectivity index (χ2v) is 13.6. The summed E-state index contributed by atoms with van der Waals surface area (Å²) in [5.41, 5.74) is 15.8. The Morgan fingerprint density at radius 3 is 1.55 bits per heavy atom. The molecular formula is C45H45N3O. The lowest BCUT2D eigenvalue weighted by molar-refractivity contribution is 0.489. The molecule has 1 aromatic heterocycles. The van der Waals surface area contributed by atoms with Crippen LogP contribution in [0.15, 0.2) is 131 Å². The van der Waals surface area contributed by atoms with E-state index in [9.17, 15) is 0 Å². The molecule has 0 saturated carbocycles. The molecule has 4 nitrogen and oxygen atoms in total. The summed E-state index contributed by atoms with van der Waals surface area (Å²) >= 11 is 0. The van der Waals surface area contributed by atoms with Crippen LogP contribution in [-0.2, 0) is 0 Å². The number of allylic oxidation sites excluding steroid dienone is 4. The standard InChI is InChI=1S/C45H45N3O/c1-28-22-30(3)42(31(4)23-28)44-37-18-12-10-16-35(47-37)26-39(34-14-8-7-9-15-34)46-27-36-17-11-13-19-38(48-36)45(41-21-20-40(44)49-41)43-32(5)24-29(2)25-33(43)6/h7-27,35-38,47-48H,1-6H3/b39-26-,44-40?,45-41?,46-27?. The van der Waals surface area contributed by atoms with E-state index < -0.39 is 0 Å². The SMILES string of the molecule is Cc1cc(C)c(C2=c3ccc(o3)=C(c3c(C)cc(C)cc3C)C3C=CC=CC(/C=C(/c4ccccc4)N=CC4C=CC=CC2N4)N3)c(C)c1. The Morgan fingerprint density at radius 1 is 0.551 bits per heavy atom. The molecular weight excluding hydrogens is 599 g/mol. The third-order valence-corrected chi connectivity index (χ3v) is 9.64. The van der Waals surface area contributed by atoms with Crippen molar-refractivity contribution >= 4 is 23.1 Å². The number of furan rings is 1. The predicted octanol–water partition coefficient (Wildman–Crippen LogP) is 7.56. The minimum atomic E-state index is -0.130.